The van der Waals surface area contributed by atoms with Crippen LogP contribution in [0.2, 0.25) is 0 Å². The van der Waals surface area contributed by atoms with Crippen molar-refractivity contribution in [3.05, 3.63) is 0 Å². The van der Waals surface area contributed by atoms with Gasteiger partial charge in [0.2, 0.25) is 5.91 Å². The second-order valence-corrected chi connectivity index (χ2v) is 5.34. The van der Waals surface area contributed by atoms with Crippen LogP contribution >= 0.6 is 0 Å². The van der Waals surface area contributed by atoms with E-state index in [1.165, 1.54) is 19.3 Å². The summed E-state index contributed by atoms with van der Waals surface area (Å²) >= 11 is 0. The van der Waals surface area contributed by atoms with Gasteiger partial charge >= 0.3 is 0 Å². The van der Waals surface area contributed by atoms with E-state index in [4.69, 9.17) is 5.73 Å². The molecule has 0 aromatic carbocycles. The van der Waals surface area contributed by atoms with Gasteiger partial charge in [0.15, 0.2) is 0 Å². The van der Waals surface area contributed by atoms with Gasteiger partial charge in [0, 0.05) is 25.6 Å². The van der Waals surface area contributed by atoms with Crippen LogP contribution in [0, 0.1) is 5.92 Å². The average molecular weight is 240 g/mol. The molecule has 1 heterocycles. The van der Waals surface area contributed by atoms with Crippen LogP contribution in [0.15, 0.2) is 0 Å². The Morgan fingerprint density at radius 1 is 1.35 bits per heavy atom. The van der Waals surface area contributed by atoms with Crippen LogP contribution in [-0.4, -0.2) is 29.9 Å². The molecule has 0 spiro atoms. The average Bonchev–Trinajstić information content (AvgIpc) is 2.54. The van der Waals surface area contributed by atoms with Gasteiger partial charge in [-0.25, -0.2) is 0 Å². The summed E-state index contributed by atoms with van der Waals surface area (Å²) in [5.74, 6) is 1.08. The maximum Gasteiger partial charge on any atom is 0.224 e. The summed E-state index contributed by atoms with van der Waals surface area (Å²) in [4.78, 5) is 14.1. The van der Waals surface area contributed by atoms with Crippen molar-refractivity contribution < 1.29 is 4.79 Å². The number of nitrogens with zero attached hydrogens (tertiary/aromatic N) is 1. The third-order valence-corrected chi connectivity index (χ3v) is 3.87. The first kappa shape index (κ1) is 14.5. The second kappa shape index (κ2) is 7.70. The standard InChI is InChI=1S/C14H28N2O/c1-3-6-13(15)11-14(17)16-9-5-7-12(4-2)8-10-16/h12-13H,3-11,15H2,1-2H3. The highest BCUT2D eigenvalue weighted by Gasteiger charge is 2.20. The number of hydrogen-bond donors (Lipinski definition) is 1. The molecule has 100 valence electrons. The van der Waals surface area contributed by atoms with Crippen molar-refractivity contribution in [2.24, 2.45) is 11.7 Å². The maximum atomic E-state index is 12.1. The van der Waals surface area contributed by atoms with Crippen LogP contribution in [0.25, 0.3) is 0 Å². The molecule has 3 nitrogen and oxygen atoms in total. The topological polar surface area (TPSA) is 46.3 Å². The molecule has 2 unspecified atom stereocenters. The maximum absolute atomic E-state index is 12.1. The van der Waals surface area contributed by atoms with Gasteiger partial charge in [-0.3, -0.25) is 4.79 Å². The molecule has 3 heteroatoms. The third kappa shape index (κ3) is 5.07. The summed E-state index contributed by atoms with van der Waals surface area (Å²) in [5.41, 5.74) is 5.94. The van der Waals surface area contributed by atoms with E-state index in [1.807, 2.05) is 4.90 Å². The zero-order chi connectivity index (χ0) is 12.7. The third-order valence-electron chi connectivity index (χ3n) is 3.87. The molecule has 2 N–H and O–H groups in total. The minimum absolute atomic E-state index is 0.0534. The minimum Gasteiger partial charge on any atom is -0.343 e. The summed E-state index contributed by atoms with van der Waals surface area (Å²) in [7, 11) is 0. The number of rotatable bonds is 5. The van der Waals surface area contributed by atoms with E-state index in [0.717, 1.165) is 38.3 Å². The van der Waals surface area contributed by atoms with Gasteiger partial charge in [-0.15, -0.1) is 0 Å². The van der Waals surface area contributed by atoms with E-state index in [1.54, 1.807) is 0 Å². The van der Waals surface area contributed by atoms with E-state index in [2.05, 4.69) is 13.8 Å². The highest BCUT2D eigenvalue weighted by atomic mass is 16.2. The fourth-order valence-corrected chi connectivity index (χ4v) is 2.65. The molecular weight excluding hydrogens is 212 g/mol. The molecule has 2 atom stereocenters. The van der Waals surface area contributed by atoms with Crippen LogP contribution in [0.1, 0.15) is 58.8 Å². The van der Waals surface area contributed by atoms with Crippen molar-refractivity contribution in [1.82, 2.24) is 4.90 Å². The lowest BCUT2D eigenvalue weighted by atomic mass is 9.98. The Balaban J connectivity index is 2.36. The Hall–Kier alpha value is -0.570. The van der Waals surface area contributed by atoms with Crippen LogP contribution in [0.3, 0.4) is 0 Å². The van der Waals surface area contributed by atoms with Crippen molar-refractivity contribution in [2.75, 3.05) is 13.1 Å². The Morgan fingerprint density at radius 2 is 2.12 bits per heavy atom. The minimum atomic E-state index is 0.0534. The molecule has 17 heavy (non-hydrogen) atoms. The lowest BCUT2D eigenvalue weighted by Gasteiger charge is -2.22. The summed E-state index contributed by atoms with van der Waals surface area (Å²) in [6.07, 6.45) is 7.41. The van der Waals surface area contributed by atoms with Gasteiger partial charge < -0.3 is 10.6 Å². The van der Waals surface area contributed by atoms with E-state index in [0.29, 0.717) is 6.42 Å². The number of amides is 1. The van der Waals surface area contributed by atoms with Crippen molar-refractivity contribution >= 4 is 5.91 Å². The molecule has 1 aliphatic heterocycles. The number of hydrogen-bond acceptors (Lipinski definition) is 2. The number of carbonyl (C=O) groups excluding carboxylic acids is 1. The Labute approximate surface area is 106 Å². The van der Waals surface area contributed by atoms with E-state index in [-0.39, 0.29) is 11.9 Å². The fourth-order valence-electron chi connectivity index (χ4n) is 2.65. The van der Waals surface area contributed by atoms with E-state index < -0.39 is 0 Å². The number of carbonyl (C=O) groups is 1. The molecule has 1 amide bonds. The van der Waals surface area contributed by atoms with E-state index >= 15 is 0 Å². The highest BCUT2D eigenvalue weighted by molar-refractivity contribution is 5.76. The second-order valence-electron chi connectivity index (χ2n) is 5.34. The summed E-state index contributed by atoms with van der Waals surface area (Å²) in [6.45, 7) is 6.24. The molecule has 1 rings (SSSR count). The van der Waals surface area contributed by atoms with Crippen LogP contribution in [0.5, 0.6) is 0 Å². The monoisotopic (exact) mass is 240 g/mol. The van der Waals surface area contributed by atoms with Crippen molar-refractivity contribution in [3.8, 4) is 0 Å². The first-order valence-electron chi connectivity index (χ1n) is 7.20. The molecule has 0 bridgehead atoms. The highest BCUT2D eigenvalue weighted by Crippen LogP contribution is 2.20. The summed E-state index contributed by atoms with van der Waals surface area (Å²) in [5, 5.41) is 0. The molecule has 1 fully saturated rings. The molecule has 0 radical (unpaired) electrons. The van der Waals surface area contributed by atoms with Gasteiger partial charge in [0.25, 0.3) is 0 Å². The van der Waals surface area contributed by atoms with Crippen molar-refractivity contribution in [2.45, 2.75) is 64.8 Å². The van der Waals surface area contributed by atoms with Crippen LogP contribution in [-0.2, 0) is 4.79 Å². The predicted octanol–water partition coefficient (Wildman–Crippen LogP) is 2.54. The van der Waals surface area contributed by atoms with Gasteiger partial charge in [-0.05, 0) is 31.6 Å². The Morgan fingerprint density at radius 3 is 2.76 bits per heavy atom. The normalized spacial score (nSPS) is 23.2. The first-order chi connectivity index (χ1) is 8.17. The van der Waals surface area contributed by atoms with Gasteiger partial charge in [0.1, 0.15) is 0 Å². The Kier molecular flexibility index (Phi) is 6.56. The van der Waals surface area contributed by atoms with Crippen molar-refractivity contribution in [1.29, 1.82) is 0 Å². The zero-order valence-electron chi connectivity index (χ0n) is 11.5. The molecule has 0 aliphatic carbocycles. The van der Waals surface area contributed by atoms with Crippen LogP contribution < -0.4 is 5.73 Å². The van der Waals surface area contributed by atoms with Gasteiger partial charge in [-0.1, -0.05) is 26.7 Å². The predicted molar refractivity (Wildman–Crippen MR) is 71.7 cm³/mol. The lowest BCUT2D eigenvalue weighted by Crippen LogP contribution is -2.36. The van der Waals surface area contributed by atoms with E-state index in [9.17, 15) is 4.79 Å². The smallest absolute Gasteiger partial charge is 0.224 e. The molecule has 0 aromatic rings. The van der Waals surface area contributed by atoms with Gasteiger partial charge in [0.05, 0.1) is 0 Å². The lowest BCUT2D eigenvalue weighted by molar-refractivity contribution is -0.131. The van der Waals surface area contributed by atoms with Gasteiger partial charge in [-0.2, -0.15) is 0 Å². The zero-order valence-corrected chi connectivity index (χ0v) is 11.5. The largest absolute Gasteiger partial charge is 0.343 e. The Bertz CT molecular complexity index is 230. The number of likely N-dealkylation sites (tertiary alicyclic amines) is 1. The molecule has 0 aromatic heterocycles. The quantitative estimate of drug-likeness (QED) is 0.802. The summed E-state index contributed by atoms with van der Waals surface area (Å²) < 4.78 is 0. The van der Waals surface area contributed by atoms with Crippen LogP contribution in [0.4, 0.5) is 0 Å². The first-order valence-corrected chi connectivity index (χ1v) is 7.20. The number of nitrogens with two attached hydrogens (primary N) is 1. The molecule has 1 aliphatic rings. The fraction of sp³-hybridized carbons (Fsp3) is 0.929. The summed E-state index contributed by atoms with van der Waals surface area (Å²) in [6, 6.07) is 0.0534. The van der Waals surface area contributed by atoms with Crippen molar-refractivity contribution in [3.63, 3.8) is 0 Å². The SMILES string of the molecule is CCCC(N)CC(=O)N1CCCC(CC)CC1. The molecular formula is C14H28N2O. The molecule has 0 saturated carbocycles. The molecule has 1 saturated heterocycles.